The maximum atomic E-state index is 12.0. The molecule has 5 nitrogen and oxygen atoms in total. The molecule has 1 aliphatic carbocycles. The second kappa shape index (κ2) is 6.31. The van der Waals surface area contributed by atoms with Crippen LogP contribution in [0.25, 0.3) is 0 Å². The summed E-state index contributed by atoms with van der Waals surface area (Å²) in [5, 5.41) is 9.19. The van der Waals surface area contributed by atoms with Gasteiger partial charge in [0.15, 0.2) is 0 Å². The number of aliphatic hydroxyl groups excluding tert-OH is 1. The summed E-state index contributed by atoms with van der Waals surface area (Å²) in [5.74, 6) is 0. The van der Waals surface area contributed by atoms with Gasteiger partial charge < -0.3 is 14.7 Å². The molecule has 1 heterocycles. The van der Waals surface area contributed by atoms with Crippen LogP contribution >= 0.6 is 0 Å². The minimum Gasteiger partial charge on any atom is -0.444 e. The maximum absolute atomic E-state index is 12.0. The van der Waals surface area contributed by atoms with Crippen molar-refractivity contribution in [2.45, 2.75) is 64.1 Å². The van der Waals surface area contributed by atoms with Crippen molar-refractivity contribution in [3.63, 3.8) is 0 Å². The van der Waals surface area contributed by atoms with Crippen LogP contribution in [0.2, 0.25) is 0 Å². The van der Waals surface area contributed by atoms with E-state index >= 15 is 0 Å². The Bertz CT molecular complexity index is 329. The molecule has 0 spiro atoms. The van der Waals surface area contributed by atoms with Crippen molar-refractivity contribution in [2.24, 2.45) is 0 Å². The minimum atomic E-state index is -0.426. The van der Waals surface area contributed by atoms with Crippen LogP contribution in [0.5, 0.6) is 0 Å². The number of aliphatic hydroxyl groups is 1. The number of carbonyl (C=O) groups excluding carboxylic acids is 1. The first kappa shape index (κ1) is 15.6. The summed E-state index contributed by atoms with van der Waals surface area (Å²) in [6.45, 7) is 8.20. The van der Waals surface area contributed by atoms with E-state index < -0.39 is 5.60 Å². The Kier molecular flexibility index (Phi) is 4.91. The van der Waals surface area contributed by atoms with Crippen molar-refractivity contribution >= 4 is 6.09 Å². The normalized spacial score (nSPS) is 21.4. The summed E-state index contributed by atoms with van der Waals surface area (Å²) in [5.41, 5.74) is -0.426. The van der Waals surface area contributed by atoms with E-state index in [9.17, 15) is 9.90 Å². The molecule has 0 bridgehead atoms. The number of carbonyl (C=O) groups is 1. The number of piperidine rings is 1. The third-order valence-corrected chi connectivity index (χ3v) is 3.96. The highest BCUT2D eigenvalue weighted by Gasteiger charge is 2.36. The highest BCUT2D eigenvalue weighted by Crippen LogP contribution is 2.31. The monoisotopic (exact) mass is 284 g/mol. The van der Waals surface area contributed by atoms with Gasteiger partial charge in [-0.25, -0.2) is 4.79 Å². The van der Waals surface area contributed by atoms with Gasteiger partial charge in [0.25, 0.3) is 0 Å². The lowest BCUT2D eigenvalue weighted by molar-refractivity contribution is 0.0126. The number of hydrogen-bond acceptors (Lipinski definition) is 4. The molecule has 0 aromatic heterocycles. The number of hydrogen-bond donors (Lipinski definition) is 1. The Labute approximate surface area is 121 Å². The molecule has 0 unspecified atom stereocenters. The van der Waals surface area contributed by atoms with Crippen LogP contribution in [0.1, 0.15) is 46.5 Å². The van der Waals surface area contributed by atoms with Crippen molar-refractivity contribution in [1.82, 2.24) is 9.80 Å². The molecule has 2 fully saturated rings. The van der Waals surface area contributed by atoms with Gasteiger partial charge in [-0.1, -0.05) is 0 Å². The number of rotatable bonds is 4. The van der Waals surface area contributed by atoms with E-state index in [2.05, 4.69) is 4.90 Å². The molecule has 2 rings (SSSR count). The number of nitrogens with zero attached hydrogens (tertiary/aromatic N) is 2. The van der Waals surface area contributed by atoms with Crippen LogP contribution in [0, 0.1) is 0 Å². The second-order valence-electron chi connectivity index (χ2n) is 6.89. The standard InChI is InChI=1S/C15H28N2O3/c1-15(2,3)20-14(19)16-8-6-13(7-9-16)17(10-11-18)12-4-5-12/h12-13,18H,4-11H2,1-3H3. The van der Waals surface area contributed by atoms with Gasteiger partial charge >= 0.3 is 6.09 Å². The third-order valence-electron chi connectivity index (χ3n) is 3.96. The Hall–Kier alpha value is -0.810. The maximum Gasteiger partial charge on any atom is 0.410 e. The van der Waals surface area contributed by atoms with Crippen LogP contribution in [-0.2, 0) is 4.74 Å². The fourth-order valence-electron chi connectivity index (χ4n) is 2.89. The largest absolute Gasteiger partial charge is 0.444 e. The number of ether oxygens (including phenoxy) is 1. The SMILES string of the molecule is CC(C)(C)OC(=O)N1CCC(N(CCO)C2CC2)CC1. The van der Waals surface area contributed by atoms with Crippen LogP contribution in [0.15, 0.2) is 0 Å². The molecule has 1 amide bonds. The Balaban J connectivity index is 1.80. The molecule has 116 valence electrons. The summed E-state index contributed by atoms with van der Waals surface area (Å²) >= 11 is 0. The Morgan fingerprint density at radius 1 is 1.20 bits per heavy atom. The van der Waals surface area contributed by atoms with E-state index in [-0.39, 0.29) is 12.7 Å². The van der Waals surface area contributed by atoms with E-state index in [0.29, 0.717) is 12.1 Å². The smallest absolute Gasteiger partial charge is 0.410 e. The van der Waals surface area contributed by atoms with Gasteiger partial charge in [-0.2, -0.15) is 0 Å². The molecular weight excluding hydrogens is 256 g/mol. The molecule has 1 saturated heterocycles. The van der Waals surface area contributed by atoms with Gasteiger partial charge in [-0.05, 0) is 46.5 Å². The lowest BCUT2D eigenvalue weighted by atomic mass is 10.0. The van der Waals surface area contributed by atoms with Crippen molar-refractivity contribution in [3.8, 4) is 0 Å². The van der Waals surface area contributed by atoms with Crippen LogP contribution in [0.4, 0.5) is 4.79 Å². The summed E-state index contributed by atoms with van der Waals surface area (Å²) < 4.78 is 5.41. The van der Waals surface area contributed by atoms with E-state index in [1.165, 1.54) is 12.8 Å². The van der Waals surface area contributed by atoms with E-state index in [0.717, 1.165) is 32.5 Å². The highest BCUT2D eigenvalue weighted by molar-refractivity contribution is 5.68. The van der Waals surface area contributed by atoms with Crippen molar-refractivity contribution in [2.75, 3.05) is 26.2 Å². The first-order chi connectivity index (χ1) is 9.40. The number of likely N-dealkylation sites (tertiary alicyclic amines) is 1. The molecule has 20 heavy (non-hydrogen) atoms. The highest BCUT2D eigenvalue weighted by atomic mass is 16.6. The minimum absolute atomic E-state index is 0.198. The molecular formula is C15H28N2O3. The van der Waals surface area contributed by atoms with E-state index in [1.807, 2.05) is 25.7 Å². The van der Waals surface area contributed by atoms with Crippen LogP contribution in [-0.4, -0.2) is 64.9 Å². The predicted molar refractivity (Wildman–Crippen MR) is 77.6 cm³/mol. The zero-order chi connectivity index (χ0) is 14.8. The second-order valence-corrected chi connectivity index (χ2v) is 6.89. The predicted octanol–water partition coefficient (Wildman–Crippen LogP) is 1.84. The van der Waals surface area contributed by atoms with Crippen molar-refractivity contribution < 1.29 is 14.6 Å². The average molecular weight is 284 g/mol. The third kappa shape index (κ3) is 4.35. The molecule has 0 aromatic carbocycles. The molecule has 2 aliphatic rings. The van der Waals surface area contributed by atoms with Crippen molar-refractivity contribution in [1.29, 1.82) is 0 Å². The molecule has 0 aromatic rings. The van der Waals surface area contributed by atoms with Gasteiger partial charge in [-0.3, -0.25) is 4.90 Å². The molecule has 1 aliphatic heterocycles. The number of amides is 1. The lowest BCUT2D eigenvalue weighted by Crippen LogP contribution is -2.49. The van der Waals surface area contributed by atoms with Crippen LogP contribution in [0.3, 0.4) is 0 Å². The summed E-state index contributed by atoms with van der Waals surface area (Å²) in [6, 6.07) is 1.17. The zero-order valence-corrected chi connectivity index (χ0v) is 13.0. The summed E-state index contributed by atoms with van der Waals surface area (Å²) in [7, 11) is 0. The molecule has 1 saturated carbocycles. The first-order valence-electron chi connectivity index (χ1n) is 7.75. The quantitative estimate of drug-likeness (QED) is 0.856. The fourth-order valence-corrected chi connectivity index (χ4v) is 2.89. The molecule has 5 heteroatoms. The van der Waals surface area contributed by atoms with Gasteiger partial charge in [0.1, 0.15) is 5.60 Å². The van der Waals surface area contributed by atoms with Gasteiger partial charge in [0.2, 0.25) is 0 Å². The molecule has 0 atom stereocenters. The first-order valence-corrected chi connectivity index (χ1v) is 7.75. The Morgan fingerprint density at radius 3 is 2.20 bits per heavy atom. The van der Waals surface area contributed by atoms with Gasteiger partial charge in [0, 0.05) is 31.7 Å². The Morgan fingerprint density at radius 2 is 1.75 bits per heavy atom. The van der Waals surface area contributed by atoms with E-state index in [4.69, 9.17) is 4.74 Å². The average Bonchev–Trinajstić information content (AvgIpc) is 3.18. The fraction of sp³-hybridized carbons (Fsp3) is 0.933. The lowest BCUT2D eigenvalue weighted by Gasteiger charge is -2.38. The summed E-state index contributed by atoms with van der Waals surface area (Å²) in [4.78, 5) is 16.3. The topological polar surface area (TPSA) is 53.0 Å². The van der Waals surface area contributed by atoms with Crippen molar-refractivity contribution in [3.05, 3.63) is 0 Å². The zero-order valence-electron chi connectivity index (χ0n) is 13.0. The van der Waals surface area contributed by atoms with Crippen LogP contribution < -0.4 is 0 Å². The molecule has 1 N–H and O–H groups in total. The molecule has 0 radical (unpaired) electrons. The van der Waals surface area contributed by atoms with Gasteiger partial charge in [0.05, 0.1) is 6.61 Å². The van der Waals surface area contributed by atoms with Gasteiger partial charge in [-0.15, -0.1) is 0 Å². The summed E-state index contributed by atoms with van der Waals surface area (Å²) in [6.07, 6.45) is 4.28. The van der Waals surface area contributed by atoms with E-state index in [1.54, 1.807) is 0 Å².